The average Bonchev–Trinajstić information content (AvgIpc) is 2.27. The van der Waals surface area contributed by atoms with Gasteiger partial charge in [-0.3, -0.25) is 9.97 Å². The van der Waals surface area contributed by atoms with Gasteiger partial charge >= 0.3 is 0 Å². The Hall–Kier alpha value is -0.920. The summed E-state index contributed by atoms with van der Waals surface area (Å²) < 4.78 is 0. The normalized spacial score (nSPS) is 17.3. The van der Waals surface area contributed by atoms with E-state index < -0.39 is 0 Å². The van der Waals surface area contributed by atoms with E-state index >= 15 is 0 Å². The molecule has 0 aliphatic heterocycles. The second-order valence-corrected chi connectivity index (χ2v) is 2.96. The van der Waals surface area contributed by atoms with Gasteiger partial charge in [0.1, 0.15) is 0 Å². The molecule has 10 heavy (non-hydrogen) atoms. The Bertz CT molecular complexity index is 220. The van der Waals surface area contributed by atoms with Crippen LogP contribution in [0.25, 0.3) is 0 Å². The van der Waals surface area contributed by atoms with E-state index in [0.717, 1.165) is 18.8 Å². The van der Waals surface area contributed by atoms with Crippen LogP contribution in [0, 0.1) is 5.92 Å². The van der Waals surface area contributed by atoms with Gasteiger partial charge in [0.2, 0.25) is 0 Å². The lowest BCUT2D eigenvalue weighted by molar-refractivity contribution is 0.620. The van der Waals surface area contributed by atoms with Gasteiger partial charge in [0.25, 0.3) is 0 Å². The first-order valence-corrected chi connectivity index (χ1v) is 3.65. The van der Waals surface area contributed by atoms with Crippen LogP contribution in [-0.2, 0) is 12.8 Å². The minimum absolute atomic E-state index is 0.748. The highest BCUT2D eigenvalue weighted by atomic mass is 14.8. The summed E-state index contributed by atoms with van der Waals surface area (Å²) in [6, 6.07) is 0. The molecule has 0 N–H and O–H groups in total. The van der Waals surface area contributed by atoms with Crippen LogP contribution in [0.3, 0.4) is 0 Å². The zero-order chi connectivity index (χ0) is 6.97. The fourth-order valence-electron chi connectivity index (χ4n) is 1.47. The lowest BCUT2D eigenvalue weighted by Gasteiger charge is -1.92. The van der Waals surface area contributed by atoms with Gasteiger partial charge in [-0.15, -0.1) is 0 Å². The van der Waals surface area contributed by atoms with Crippen molar-refractivity contribution in [1.82, 2.24) is 9.97 Å². The number of aromatic nitrogens is 2. The lowest BCUT2D eigenvalue weighted by atomic mass is 10.1. The van der Waals surface area contributed by atoms with Gasteiger partial charge < -0.3 is 0 Å². The van der Waals surface area contributed by atoms with Crippen molar-refractivity contribution in [2.45, 2.75) is 19.8 Å². The molecule has 0 atom stereocenters. The molecular formula is C8H10N2. The van der Waals surface area contributed by atoms with E-state index in [1.807, 2.05) is 0 Å². The van der Waals surface area contributed by atoms with E-state index in [-0.39, 0.29) is 0 Å². The Balaban J connectivity index is 2.42. The Kier molecular flexibility index (Phi) is 1.19. The largest absolute Gasteiger partial charge is 0.258 e. The van der Waals surface area contributed by atoms with Gasteiger partial charge in [-0.2, -0.15) is 0 Å². The van der Waals surface area contributed by atoms with Crippen molar-refractivity contribution in [2.75, 3.05) is 0 Å². The molecule has 2 nitrogen and oxygen atoms in total. The molecule has 1 aliphatic rings. The highest BCUT2D eigenvalue weighted by molar-refractivity contribution is 5.17. The molecule has 0 unspecified atom stereocenters. The van der Waals surface area contributed by atoms with Crippen LogP contribution in [0.2, 0.25) is 0 Å². The van der Waals surface area contributed by atoms with Crippen molar-refractivity contribution < 1.29 is 0 Å². The third kappa shape index (κ3) is 0.801. The molecule has 0 radical (unpaired) electrons. The highest BCUT2D eigenvalue weighted by Gasteiger charge is 2.18. The van der Waals surface area contributed by atoms with Gasteiger partial charge in [0, 0.05) is 12.4 Å². The SMILES string of the molecule is CC1Cc2nccnc2C1. The minimum atomic E-state index is 0.748. The van der Waals surface area contributed by atoms with Crippen molar-refractivity contribution >= 4 is 0 Å². The first-order chi connectivity index (χ1) is 4.86. The van der Waals surface area contributed by atoms with Crippen LogP contribution in [0.1, 0.15) is 18.3 Å². The maximum atomic E-state index is 4.25. The van der Waals surface area contributed by atoms with E-state index in [4.69, 9.17) is 0 Å². The number of hydrogen-bond acceptors (Lipinski definition) is 2. The Labute approximate surface area is 60.3 Å². The molecular weight excluding hydrogens is 124 g/mol. The van der Waals surface area contributed by atoms with Crippen LogP contribution in [0.4, 0.5) is 0 Å². The summed E-state index contributed by atoms with van der Waals surface area (Å²) in [6.07, 6.45) is 5.78. The van der Waals surface area contributed by atoms with Crippen LogP contribution in [0.5, 0.6) is 0 Å². The zero-order valence-electron chi connectivity index (χ0n) is 6.04. The summed E-state index contributed by atoms with van der Waals surface area (Å²) in [5, 5.41) is 0. The first-order valence-electron chi connectivity index (χ1n) is 3.65. The zero-order valence-corrected chi connectivity index (χ0v) is 6.04. The van der Waals surface area contributed by atoms with E-state index in [2.05, 4.69) is 16.9 Å². The van der Waals surface area contributed by atoms with Gasteiger partial charge in [-0.05, 0) is 18.8 Å². The highest BCUT2D eigenvalue weighted by Crippen LogP contribution is 2.21. The van der Waals surface area contributed by atoms with Gasteiger partial charge in [-0.25, -0.2) is 0 Å². The second kappa shape index (κ2) is 2.04. The van der Waals surface area contributed by atoms with E-state index in [1.165, 1.54) is 11.4 Å². The van der Waals surface area contributed by atoms with Crippen LogP contribution in [0.15, 0.2) is 12.4 Å². The van der Waals surface area contributed by atoms with E-state index in [9.17, 15) is 0 Å². The van der Waals surface area contributed by atoms with Crippen LogP contribution < -0.4 is 0 Å². The standard InChI is InChI=1S/C8H10N2/c1-6-4-7-8(5-6)10-3-2-9-7/h2-3,6H,4-5H2,1H3. The molecule has 0 aromatic carbocycles. The monoisotopic (exact) mass is 134 g/mol. The number of nitrogens with zero attached hydrogens (tertiary/aromatic N) is 2. The maximum absolute atomic E-state index is 4.25. The van der Waals surface area contributed by atoms with E-state index in [1.54, 1.807) is 12.4 Å². The summed E-state index contributed by atoms with van der Waals surface area (Å²) in [5.41, 5.74) is 2.41. The molecule has 0 saturated carbocycles. The molecule has 2 heteroatoms. The fraction of sp³-hybridized carbons (Fsp3) is 0.500. The van der Waals surface area contributed by atoms with Crippen molar-refractivity contribution in [3.63, 3.8) is 0 Å². The predicted octanol–water partition coefficient (Wildman–Crippen LogP) is 1.21. The Morgan fingerprint density at radius 1 is 1.20 bits per heavy atom. The number of fused-ring (bicyclic) bond motifs is 1. The van der Waals surface area contributed by atoms with Gasteiger partial charge in [0.05, 0.1) is 11.4 Å². The molecule has 1 heterocycles. The molecule has 2 rings (SSSR count). The fourth-order valence-corrected chi connectivity index (χ4v) is 1.47. The van der Waals surface area contributed by atoms with Gasteiger partial charge in [0.15, 0.2) is 0 Å². The molecule has 1 aromatic heterocycles. The molecule has 52 valence electrons. The summed E-state index contributed by atoms with van der Waals surface area (Å²) in [6.45, 7) is 2.24. The minimum Gasteiger partial charge on any atom is -0.258 e. The maximum Gasteiger partial charge on any atom is 0.0621 e. The third-order valence-electron chi connectivity index (χ3n) is 1.94. The molecule has 1 aliphatic carbocycles. The number of hydrogen-bond donors (Lipinski definition) is 0. The topological polar surface area (TPSA) is 25.8 Å². The molecule has 0 amide bonds. The van der Waals surface area contributed by atoms with Crippen LogP contribution in [-0.4, -0.2) is 9.97 Å². The van der Waals surface area contributed by atoms with Crippen molar-refractivity contribution in [1.29, 1.82) is 0 Å². The summed E-state index contributed by atoms with van der Waals surface area (Å²) in [5.74, 6) is 0.748. The molecule has 0 fully saturated rings. The van der Waals surface area contributed by atoms with Crippen molar-refractivity contribution in [3.8, 4) is 0 Å². The lowest BCUT2D eigenvalue weighted by Crippen LogP contribution is -1.90. The number of rotatable bonds is 0. The van der Waals surface area contributed by atoms with Crippen molar-refractivity contribution in [3.05, 3.63) is 23.8 Å². The van der Waals surface area contributed by atoms with E-state index in [0.29, 0.717) is 0 Å². The molecule has 1 aromatic rings. The summed E-state index contributed by atoms with van der Waals surface area (Å²) >= 11 is 0. The average molecular weight is 134 g/mol. The molecule has 0 bridgehead atoms. The Morgan fingerprint density at radius 2 is 1.70 bits per heavy atom. The Morgan fingerprint density at radius 3 is 2.20 bits per heavy atom. The molecule has 0 spiro atoms. The third-order valence-corrected chi connectivity index (χ3v) is 1.94. The summed E-state index contributed by atoms with van der Waals surface area (Å²) in [4.78, 5) is 8.49. The predicted molar refractivity (Wildman–Crippen MR) is 38.6 cm³/mol. The quantitative estimate of drug-likeness (QED) is 0.533. The first kappa shape index (κ1) is 5.83. The molecule has 0 saturated heterocycles. The van der Waals surface area contributed by atoms with Gasteiger partial charge in [-0.1, -0.05) is 6.92 Å². The second-order valence-electron chi connectivity index (χ2n) is 2.96. The summed E-state index contributed by atoms with van der Waals surface area (Å²) in [7, 11) is 0. The smallest absolute Gasteiger partial charge is 0.0621 e. The van der Waals surface area contributed by atoms with Crippen LogP contribution >= 0.6 is 0 Å². The van der Waals surface area contributed by atoms with Crippen molar-refractivity contribution in [2.24, 2.45) is 5.92 Å².